The number of alkyl halides is 3. The number of carbonyl (C=O) groups is 1. The Kier molecular flexibility index (Phi) is 4.76. The summed E-state index contributed by atoms with van der Waals surface area (Å²) in [6.45, 7) is -0.962. The molecule has 0 aromatic carbocycles. The first-order chi connectivity index (χ1) is 5.85. The molecule has 0 fully saturated rings. The van der Waals surface area contributed by atoms with Crippen molar-refractivity contribution in [3.8, 4) is 0 Å². The van der Waals surface area contributed by atoms with Crippen LogP contribution in [0.3, 0.4) is 0 Å². The lowest BCUT2D eigenvalue weighted by Crippen LogP contribution is -2.32. The molecule has 0 atom stereocenters. The van der Waals surface area contributed by atoms with Crippen LogP contribution in [0.5, 0.6) is 0 Å². The average Bonchev–Trinajstić information content (AvgIpc) is 1.97. The fourth-order valence-electron chi connectivity index (χ4n) is 0.769. The Labute approximate surface area is 74.5 Å². The molecule has 78 valence electrons. The maximum Gasteiger partial charge on any atom is 0.401 e. The molecule has 0 rings (SSSR count). The van der Waals surface area contributed by atoms with E-state index >= 15 is 0 Å². The standard InChI is InChI=1S/C7H12F3NO2/c1-11(5-7(8,9)10)4-3-6(12)13-2/h3-5H2,1-2H3. The van der Waals surface area contributed by atoms with Gasteiger partial charge in [0.05, 0.1) is 20.1 Å². The van der Waals surface area contributed by atoms with Gasteiger partial charge in [0.1, 0.15) is 0 Å². The van der Waals surface area contributed by atoms with E-state index in [4.69, 9.17) is 0 Å². The van der Waals surface area contributed by atoms with Gasteiger partial charge < -0.3 is 4.74 Å². The summed E-state index contributed by atoms with van der Waals surface area (Å²) in [5.41, 5.74) is 0. The molecule has 0 aromatic rings. The number of rotatable bonds is 4. The van der Waals surface area contributed by atoms with E-state index in [0.29, 0.717) is 0 Å². The fourth-order valence-corrected chi connectivity index (χ4v) is 0.769. The van der Waals surface area contributed by atoms with Crippen molar-refractivity contribution in [1.82, 2.24) is 4.90 Å². The molecule has 0 aliphatic rings. The second-order valence-corrected chi connectivity index (χ2v) is 2.68. The third-order valence-corrected chi connectivity index (χ3v) is 1.37. The predicted molar refractivity (Wildman–Crippen MR) is 40.2 cm³/mol. The van der Waals surface area contributed by atoms with Crippen LogP contribution in [-0.4, -0.2) is 44.3 Å². The maximum absolute atomic E-state index is 11.8. The van der Waals surface area contributed by atoms with E-state index in [-0.39, 0.29) is 13.0 Å². The van der Waals surface area contributed by atoms with Gasteiger partial charge in [0.2, 0.25) is 0 Å². The maximum atomic E-state index is 11.8. The largest absolute Gasteiger partial charge is 0.469 e. The van der Waals surface area contributed by atoms with E-state index in [1.807, 2.05) is 0 Å². The van der Waals surface area contributed by atoms with Crippen LogP contribution in [0.25, 0.3) is 0 Å². The molecule has 0 amide bonds. The summed E-state index contributed by atoms with van der Waals surface area (Å²) in [7, 11) is 2.50. The van der Waals surface area contributed by atoms with Gasteiger partial charge in [-0.1, -0.05) is 0 Å². The zero-order chi connectivity index (χ0) is 10.5. The van der Waals surface area contributed by atoms with Gasteiger partial charge >= 0.3 is 12.1 Å². The normalized spacial score (nSPS) is 11.8. The monoisotopic (exact) mass is 199 g/mol. The highest BCUT2D eigenvalue weighted by Gasteiger charge is 2.29. The van der Waals surface area contributed by atoms with Crippen molar-refractivity contribution in [3.05, 3.63) is 0 Å². The number of hydrogen-bond acceptors (Lipinski definition) is 3. The zero-order valence-electron chi connectivity index (χ0n) is 7.52. The molecule has 3 nitrogen and oxygen atoms in total. The van der Waals surface area contributed by atoms with Gasteiger partial charge in [0, 0.05) is 6.54 Å². The van der Waals surface area contributed by atoms with Crippen molar-refractivity contribution in [2.45, 2.75) is 12.6 Å². The van der Waals surface area contributed by atoms with Crippen LogP contribution in [0, 0.1) is 0 Å². The van der Waals surface area contributed by atoms with Crippen LogP contribution < -0.4 is 0 Å². The molecular formula is C7H12F3NO2. The Morgan fingerprint density at radius 3 is 2.38 bits per heavy atom. The summed E-state index contributed by atoms with van der Waals surface area (Å²) in [5.74, 6) is -0.506. The molecule has 0 unspecified atom stereocenters. The number of halogens is 3. The molecule has 0 heterocycles. The van der Waals surface area contributed by atoms with E-state index in [1.165, 1.54) is 14.2 Å². The second-order valence-electron chi connectivity index (χ2n) is 2.68. The van der Waals surface area contributed by atoms with E-state index in [1.54, 1.807) is 0 Å². The zero-order valence-corrected chi connectivity index (χ0v) is 7.52. The molecule has 0 saturated heterocycles. The Hall–Kier alpha value is -0.780. The molecule has 0 N–H and O–H groups in total. The predicted octanol–water partition coefficient (Wildman–Crippen LogP) is 1.04. The second kappa shape index (κ2) is 5.06. The molecule has 0 bridgehead atoms. The molecule has 0 aliphatic carbocycles. The highest BCUT2D eigenvalue weighted by molar-refractivity contribution is 5.69. The summed E-state index contributed by atoms with van der Waals surface area (Å²) in [4.78, 5) is 11.6. The van der Waals surface area contributed by atoms with Gasteiger partial charge in [0.15, 0.2) is 0 Å². The highest BCUT2D eigenvalue weighted by Crippen LogP contribution is 2.15. The van der Waals surface area contributed by atoms with Crippen molar-refractivity contribution in [3.63, 3.8) is 0 Å². The van der Waals surface area contributed by atoms with Crippen LogP contribution in [-0.2, 0) is 9.53 Å². The molecule has 0 saturated carbocycles. The SMILES string of the molecule is COC(=O)CCN(C)CC(F)(F)F. The number of hydrogen-bond donors (Lipinski definition) is 0. The smallest absolute Gasteiger partial charge is 0.401 e. The minimum atomic E-state index is -4.22. The van der Waals surface area contributed by atoms with E-state index in [2.05, 4.69) is 4.74 Å². The molecular weight excluding hydrogens is 187 g/mol. The summed E-state index contributed by atoms with van der Waals surface area (Å²) in [6, 6.07) is 0. The van der Waals surface area contributed by atoms with Crippen molar-refractivity contribution in [1.29, 1.82) is 0 Å². The van der Waals surface area contributed by atoms with Crippen molar-refractivity contribution < 1.29 is 22.7 Å². The Bertz CT molecular complexity index is 170. The molecule has 0 radical (unpaired) electrons. The Morgan fingerprint density at radius 2 is 2.00 bits per heavy atom. The van der Waals surface area contributed by atoms with Crippen LogP contribution in [0.15, 0.2) is 0 Å². The van der Waals surface area contributed by atoms with Gasteiger partial charge in [-0.3, -0.25) is 9.69 Å². The van der Waals surface area contributed by atoms with Gasteiger partial charge in [-0.25, -0.2) is 0 Å². The molecule has 0 aliphatic heterocycles. The summed E-state index contributed by atoms with van der Waals surface area (Å²) in [6.07, 6.45) is -4.24. The Morgan fingerprint density at radius 1 is 1.46 bits per heavy atom. The first kappa shape index (κ1) is 12.2. The van der Waals surface area contributed by atoms with Crippen LogP contribution in [0.1, 0.15) is 6.42 Å². The van der Waals surface area contributed by atoms with Crippen LogP contribution in [0.4, 0.5) is 13.2 Å². The van der Waals surface area contributed by atoms with E-state index < -0.39 is 18.7 Å². The first-order valence-electron chi connectivity index (χ1n) is 3.67. The lowest BCUT2D eigenvalue weighted by molar-refractivity contribution is -0.148. The topological polar surface area (TPSA) is 29.5 Å². The minimum absolute atomic E-state index is 0.0247. The molecule has 6 heteroatoms. The van der Waals surface area contributed by atoms with E-state index in [9.17, 15) is 18.0 Å². The first-order valence-corrected chi connectivity index (χ1v) is 3.67. The van der Waals surface area contributed by atoms with E-state index in [0.717, 1.165) is 4.90 Å². The van der Waals surface area contributed by atoms with Crippen LogP contribution in [0.2, 0.25) is 0 Å². The van der Waals surface area contributed by atoms with Gasteiger partial charge in [-0.2, -0.15) is 13.2 Å². The average molecular weight is 199 g/mol. The highest BCUT2D eigenvalue weighted by atomic mass is 19.4. The lowest BCUT2D eigenvalue weighted by atomic mass is 10.4. The minimum Gasteiger partial charge on any atom is -0.469 e. The number of carbonyl (C=O) groups excluding carboxylic acids is 1. The van der Waals surface area contributed by atoms with Crippen molar-refractivity contribution >= 4 is 5.97 Å². The van der Waals surface area contributed by atoms with Gasteiger partial charge in [0.25, 0.3) is 0 Å². The third kappa shape index (κ3) is 7.58. The summed E-state index contributed by atoms with van der Waals surface area (Å²) < 4.78 is 39.5. The lowest BCUT2D eigenvalue weighted by Gasteiger charge is -2.17. The van der Waals surface area contributed by atoms with Crippen molar-refractivity contribution in [2.24, 2.45) is 0 Å². The summed E-state index contributed by atoms with van der Waals surface area (Å²) in [5, 5.41) is 0. The molecule has 13 heavy (non-hydrogen) atoms. The quantitative estimate of drug-likeness (QED) is 0.633. The van der Waals surface area contributed by atoms with Crippen molar-refractivity contribution in [2.75, 3.05) is 27.2 Å². The number of esters is 1. The number of ether oxygens (including phenoxy) is 1. The molecule has 0 spiro atoms. The number of nitrogens with zero attached hydrogens (tertiary/aromatic N) is 1. The fraction of sp³-hybridized carbons (Fsp3) is 0.857. The molecule has 0 aromatic heterocycles. The Balaban J connectivity index is 3.63. The summed E-state index contributed by atoms with van der Waals surface area (Å²) >= 11 is 0. The van der Waals surface area contributed by atoms with Gasteiger partial charge in [-0.05, 0) is 7.05 Å². The van der Waals surface area contributed by atoms with Gasteiger partial charge in [-0.15, -0.1) is 0 Å². The number of methoxy groups -OCH3 is 1. The third-order valence-electron chi connectivity index (χ3n) is 1.37. The van der Waals surface area contributed by atoms with Crippen LogP contribution >= 0.6 is 0 Å².